The van der Waals surface area contributed by atoms with Crippen molar-refractivity contribution in [1.82, 2.24) is 0 Å². The van der Waals surface area contributed by atoms with Crippen LogP contribution in [0, 0.1) is 0 Å². The summed E-state index contributed by atoms with van der Waals surface area (Å²) in [5, 5.41) is 0. The molecular weight excluding hydrogens is 347 g/mol. The van der Waals surface area contributed by atoms with Crippen molar-refractivity contribution in [3.63, 3.8) is 0 Å². The van der Waals surface area contributed by atoms with E-state index in [2.05, 4.69) is 6.92 Å². The standard InChI is InChI=1S/C22H46N2O2.Na.H/c1-2-3-4-5-6-7-8-9-10-11-12-13-14-17-20-26-22(25)21(24)18-15-16-19-23;;/h21H,2-20,23-24H2,1H3;;/t21-;;/m0../s1. The molecule has 0 heterocycles. The number of carbonyl (C=O) groups is 1. The molecule has 0 aromatic carbocycles. The third kappa shape index (κ3) is 22.5. The Balaban J connectivity index is 0. The van der Waals surface area contributed by atoms with Gasteiger partial charge in [-0.3, -0.25) is 4.79 Å². The second-order valence-corrected chi connectivity index (χ2v) is 7.65. The van der Waals surface area contributed by atoms with Crippen LogP contribution in [0.1, 0.15) is 116 Å². The van der Waals surface area contributed by atoms with Crippen molar-refractivity contribution in [2.75, 3.05) is 13.2 Å². The number of hydrogen-bond acceptors (Lipinski definition) is 4. The molecule has 0 aliphatic heterocycles. The van der Waals surface area contributed by atoms with Crippen molar-refractivity contribution in [2.24, 2.45) is 11.5 Å². The summed E-state index contributed by atoms with van der Waals surface area (Å²) in [5.41, 5.74) is 11.2. The van der Waals surface area contributed by atoms with Crippen molar-refractivity contribution in [3.8, 4) is 0 Å². The number of nitrogens with two attached hydrogens (primary N) is 2. The summed E-state index contributed by atoms with van der Waals surface area (Å²) in [6.45, 7) is 3.44. The molecule has 0 fully saturated rings. The first kappa shape index (κ1) is 29.6. The van der Waals surface area contributed by atoms with E-state index in [1.54, 1.807) is 0 Å². The molecule has 4 N–H and O–H groups in total. The number of ether oxygens (including phenoxy) is 1. The van der Waals surface area contributed by atoms with Crippen LogP contribution in [0.25, 0.3) is 0 Å². The summed E-state index contributed by atoms with van der Waals surface area (Å²) in [4.78, 5) is 11.7. The van der Waals surface area contributed by atoms with Crippen LogP contribution in [0.4, 0.5) is 0 Å². The van der Waals surface area contributed by atoms with Crippen LogP contribution in [0.3, 0.4) is 0 Å². The summed E-state index contributed by atoms with van der Waals surface area (Å²) in [7, 11) is 0. The van der Waals surface area contributed by atoms with E-state index < -0.39 is 6.04 Å². The molecule has 0 aliphatic carbocycles. The zero-order valence-electron chi connectivity index (χ0n) is 17.5. The molecule has 27 heavy (non-hydrogen) atoms. The number of rotatable bonds is 20. The molecule has 5 heteroatoms. The predicted octanol–water partition coefficient (Wildman–Crippen LogP) is 4.82. The first-order valence-corrected chi connectivity index (χ1v) is 11.3. The van der Waals surface area contributed by atoms with Crippen molar-refractivity contribution >= 4 is 35.5 Å². The van der Waals surface area contributed by atoms with Crippen LogP contribution < -0.4 is 11.5 Å². The predicted molar refractivity (Wildman–Crippen MR) is 119 cm³/mol. The van der Waals surface area contributed by atoms with Crippen LogP contribution in [0.5, 0.6) is 0 Å². The third-order valence-corrected chi connectivity index (χ3v) is 5.01. The quantitative estimate of drug-likeness (QED) is 0.176. The summed E-state index contributed by atoms with van der Waals surface area (Å²) in [6, 6.07) is -0.479. The molecule has 0 aromatic heterocycles. The second kappa shape index (κ2) is 24.4. The first-order chi connectivity index (χ1) is 12.7. The third-order valence-electron chi connectivity index (χ3n) is 5.01. The molecule has 0 amide bonds. The number of carbonyl (C=O) groups excluding carboxylic acids is 1. The second-order valence-electron chi connectivity index (χ2n) is 7.65. The molecule has 0 spiro atoms. The zero-order chi connectivity index (χ0) is 19.3. The van der Waals surface area contributed by atoms with E-state index in [1.165, 1.54) is 77.0 Å². The summed E-state index contributed by atoms with van der Waals surface area (Å²) in [5.74, 6) is -0.253. The van der Waals surface area contributed by atoms with Crippen molar-refractivity contribution in [2.45, 2.75) is 122 Å². The van der Waals surface area contributed by atoms with E-state index in [4.69, 9.17) is 16.2 Å². The normalized spacial score (nSPS) is 11.8. The zero-order valence-corrected chi connectivity index (χ0v) is 17.5. The Kier molecular flexibility index (Phi) is 26.8. The van der Waals surface area contributed by atoms with Gasteiger partial charge in [0, 0.05) is 0 Å². The molecule has 4 nitrogen and oxygen atoms in total. The fourth-order valence-corrected chi connectivity index (χ4v) is 3.20. The Labute approximate surface area is 191 Å². The van der Waals surface area contributed by atoms with Crippen LogP contribution in [0.2, 0.25) is 0 Å². The molecule has 0 aromatic rings. The SMILES string of the molecule is CCCCCCCCCCCCCCCCOC(=O)[C@@H](N)CCCCN.[NaH]. The molecule has 0 unspecified atom stereocenters. The van der Waals surface area contributed by atoms with Gasteiger partial charge in [0.25, 0.3) is 0 Å². The summed E-state index contributed by atoms with van der Waals surface area (Å²) < 4.78 is 5.25. The molecule has 0 saturated heterocycles. The van der Waals surface area contributed by atoms with Gasteiger partial charge in [-0.1, -0.05) is 96.8 Å². The summed E-state index contributed by atoms with van der Waals surface area (Å²) >= 11 is 0. The maximum atomic E-state index is 11.7. The van der Waals surface area contributed by atoms with E-state index in [-0.39, 0.29) is 35.5 Å². The van der Waals surface area contributed by atoms with Gasteiger partial charge >= 0.3 is 35.5 Å². The Hall–Kier alpha value is 0.390. The van der Waals surface area contributed by atoms with Gasteiger partial charge < -0.3 is 16.2 Å². The first-order valence-electron chi connectivity index (χ1n) is 11.3. The van der Waals surface area contributed by atoms with E-state index in [0.717, 1.165) is 25.7 Å². The Bertz CT molecular complexity index is 304. The fraction of sp³-hybridized carbons (Fsp3) is 0.955. The topological polar surface area (TPSA) is 78.3 Å². The Morgan fingerprint density at radius 1 is 0.741 bits per heavy atom. The average Bonchev–Trinajstić information content (AvgIpc) is 2.64. The molecule has 0 radical (unpaired) electrons. The number of unbranched alkanes of at least 4 members (excludes halogenated alkanes) is 14. The number of hydrogen-bond donors (Lipinski definition) is 2. The maximum absolute atomic E-state index is 11.7. The fourth-order valence-electron chi connectivity index (χ4n) is 3.20. The molecular formula is C22H47N2NaO2. The van der Waals surface area contributed by atoms with E-state index in [0.29, 0.717) is 19.6 Å². The van der Waals surface area contributed by atoms with E-state index >= 15 is 0 Å². The minimum absolute atomic E-state index is 0. The van der Waals surface area contributed by atoms with Crippen LogP contribution >= 0.6 is 0 Å². The van der Waals surface area contributed by atoms with Gasteiger partial charge in [0.1, 0.15) is 6.04 Å². The van der Waals surface area contributed by atoms with Gasteiger partial charge in [-0.25, -0.2) is 0 Å². The van der Waals surface area contributed by atoms with Crippen LogP contribution in [-0.2, 0) is 9.53 Å². The molecule has 0 saturated carbocycles. The van der Waals surface area contributed by atoms with Gasteiger partial charge in [-0.2, -0.15) is 0 Å². The van der Waals surface area contributed by atoms with Gasteiger partial charge in [-0.15, -0.1) is 0 Å². The van der Waals surface area contributed by atoms with Crippen LogP contribution in [-0.4, -0.2) is 54.7 Å². The Morgan fingerprint density at radius 2 is 1.19 bits per heavy atom. The molecule has 0 bridgehead atoms. The Morgan fingerprint density at radius 3 is 1.63 bits per heavy atom. The van der Waals surface area contributed by atoms with Gasteiger partial charge in [-0.05, 0) is 25.8 Å². The molecule has 158 valence electrons. The van der Waals surface area contributed by atoms with Crippen molar-refractivity contribution < 1.29 is 9.53 Å². The molecule has 0 aliphatic rings. The summed E-state index contributed by atoms with van der Waals surface area (Å²) in [6.07, 6.45) is 21.1. The van der Waals surface area contributed by atoms with Gasteiger partial charge in [0.05, 0.1) is 6.61 Å². The number of esters is 1. The minimum atomic E-state index is -0.479. The average molecular weight is 395 g/mol. The van der Waals surface area contributed by atoms with Crippen LogP contribution in [0.15, 0.2) is 0 Å². The van der Waals surface area contributed by atoms with Gasteiger partial charge in [0.2, 0.25) is 0 Å². The monoisotopic (exact) mass is 394 g/mol. The van der Waals surface area contributed by atoms with E-state index in [1.807, 2.05) is 0 Å². The molecule has 0 rings (SSSR count). The molecule has 1 atom stereocenters. The van der Waals surface area contributed by atoms with Crippen molar-refractivity contribution in [1.29, 1.82) is 0 Å². The van der Waals surface area contributed by atoms with E-state index in [9.17, 15) is 4.79 Å². The van der Waals surface area contributed by atoms with Gasteiger partial charge in [0.15, 0.2) is 0 Å². The van der Waals surface area contributed by atoms with Crippen molar-refractivity contribution in [3.05, 3.63) is 0 Å².